The molecule has 0 bridgehead atoms. The number of aliphatic imine (C=N–C) groups is 2. The van der Waals surface area contributed by atoms with Gasteiger partial charge in [-0.2, -0.15) is 0 Å². The Balaban J connectivity index is 0.000000136. The summed E-state index contributed by atoms with van der Waals surface area (Å²) in [5.74, 6) is 3.08. The van der Waals surface area contributed by atoms with E-state index in [4.69, 9.17) is 20.0 Å². The van der Waals surface area contributed by atoms with Crippen molar-refractivity contribution >= 4 is 44.1 Å². The topological polar surface area (TPSA) is 82.1 Å². The fraction of sp³-hybridized carbons (Fsp3) is 0.389. The van der Waals surface area contributed by atoms with Gasteiger partial charge in [0.15, 0.2) is 0 Å². The van der Waals surface area contributed by atoms with Gasteiger partial charge in [0.25, 0.3) is 0 Å². The second-order valence-corrected chi connectivity index (χ2v) is 27.0. The van der Waals surface area contributed by atoms with Crippen LogP contribution in [-0.4, -0.2) is 31.4 Å². The first-order valence-electron chi connectivity index (χ1n) is 29.8. The number of hydrogen-bond acceptors (Lipinski definition) is 4. The van der Waals surface area contributed by atoms with Gasteiger partial charge in [0, 0.05) is 80.8 Å². The first-order chi connectivity index (χ1) is 37.5. The molecule has 2 aliphatic heterocycles. The molecule has 0 saturated carbocycles. The predicted molar refractivity (Wildman–Crippen MR) is 325 cm³/mol. The first-order valence-corrected chi connectivity index (χ1v) is 29.8. The van der Waals surface area contributed by atoms with Crippen molar-refractivity contribution in [2.24, 2.45) is 20.8 Å². The van der Waals surface area contributed by atoms with Crippen LogP contribution in [0.4, 0.5) is 0 Å². The SMILES string of the molecule is CC(C)c1nc2c([nH]1)CCc1cc3c(cc1-2)CCc1c-3ccc2c3c(ccc12)C1=C(CC3)N=C(C(C)(C)C)C1.CC(C)c1nc2c([nH]1)CCc1cc3c(cc1-2)CCc1cc2c4c(ccc2cc1-3)C1=C(CC4)N=C(C(C)(C)C)C1. The van der Waals surface area contributed by atoms with Gasteiger partial charge in [-0.15, -0.1) is 0 Å². The van der Waals surface area contributed by atoms with Crippen LogP contribution in [0.25, 0.3) is 77.5 Å². The molecule has 0 amide bonds. The van der Waals surface area contributed by atoms with Gasteiger partial charge in [-0.05, 0) is 206 Å². The summed E-state index contributed by atoms with van der Waals surface area (Å²) in [7, 11) is 0. The molecule has 392 valence electrons. The number of fused-ring (bicyclic) bond motifs is 21. The van der Waals surface area contributed by atoms with Gasteiger partial charge in [0.1, 0.15) is 11.6 Å². The quantitative estimate of drug-likeness (QED) is 0.181. The summed E-state index contributed by atoms with van der Waals surface area (Å²) >= 11 is 0. The lowest BCUT2D eigenvalue weighted by Gasteiger charge is -2.27. The lowest BCUT2D eigenvalue weighted by molar-refractivity contribution is 0.585. The molecule has 6 aromatic carbocycles. The van der Waals surface area contributed by atoms with Gasteiger partial charge in [-0.3, -0.25) is 9.98 Å². The van der Waals surface area contributed by atoms with Crippen molar-refractivity contribution in [3.8, 4) is 44.8 Å². The van der Waals surface area contributed by atoms with E-state index in [0.717, 1.165) is 102 Å². The molecule has 0 unspecified atom stereocenters. The molecule has 2 aromatic heterocycles. The molecule has 0 saturated heterocycles. The molecule has 2 N–H and O–H groups in total. The van der Waals surface area contributed by atoms with Gasteiger partial charge in [-0.25, -0.2) is 9.97 Å². The number of aryl methyl sites for hydroxylation is 10. The molecule has 0 radical (unpaired) electrons. The standard InChI is InChI=1S/2C36H37N3/c1-19(2)35-38-32-14-7-21-16-28-20(17-29(21)34(32)39-35)6-8-22-23-10-12-27-25(24(23)9-11-26(22)28)13-15-31-30(27)18-33(37-31)36(3,4)5;1-19(2)35-38-32-12-9-23-16-28-21(17-29(23)34(32)39-35)7-6-20-14-26-22(15-27(20)28)8-10-25-24(26)11-13-31-30(25)18-33(37-31)36(3,4)5/h9-12,16-17,19H,6-8,13-15,18H2,1-5H3,(H,38,39);8,10,14-17,19H,6-7,9,11-13,18H2,1-5H3,(H,38,39). The summed E-state index contributed by atoms with van der Waals surface area (Å²) in [6.07, 6.45) is 15.0. The number of allylic oxidation sites excluding steroid dienone is 4. The minimum absolute atomic E-state index is 0.134. The van der Waals surface area contributed by atoms with E-state index < -0.39 is 0 Å². The molecule has 6 nitrogen and oxygen atoms in total. The summed E-state index contributed by atoms with van der Waals surface area (Å²) < 4.78 is 0. The highest BCUT2D eigenvalue weighted by Crippen LogP contribution is 2.50. The molecular weight excluding hydrogens is 949 g/mol. The predicted octanol–water partition coefficient (Wildman–Crippen LogP) is 17.5. The van der Waals surface area contributed by atoms with Crippen molar-refractivity contribution < 1.29 is 0 Å². The minimum Gasteiger partial charge on any atom is -0.345 e. The van der Waals surface area contributed by atoms with E-state index in [1.54, 1.807) is 16.7 Å². The Bertz CT molecular complexity index is 3920. The highest BCUT2D eigenvalue weighted by atomic mass is 15.0. The maximum absolute atomic E-state index is 5.10. The van der Waals surface area contributed by atoms with Crippen LogP contribution in [0, 0.1) is 10.8 Å². The van der Waals surface area contributed by atoms with E-state index in [1.807, 2.05) is 0 Å². The fourth-order valence-electron chi connectivity index (χ4n) is 14.8. The van der Waals surface area contributed by atoms with Gasteiger partial charge in [0.2, 0.25) is 0 Å². The van der Waals surface area contributed by atoms with E-state index in [-0.39, 0.29) is 10.8 Å². The Morgan fingerprint density at radius 2 is 0.782 bits per heavy atom. The molecular formula is C72H74N6. The average Bonchev–Trinajstić information content (AvgIpc) is 4.34. The number of hydrogen-bond donors (Lipinski definition) is 2. The van der Waals surface area contributed by atoms with Gasteiger partial charge < -0.3 is 9.97 Å². The Kier molecular flexibility index (Phi) is 10.7. The largest absolute Gasteiger partial charge is 0.345 e. The van der Waals surface area contributed by atoms with Crippen LogP contribution in [-0.2, 0) is 64.2 Å². The molecule has 6 heteroatoms. The Hall–Kier alpha value is -6.92. The molecule has 0 fully saturated rings. The van der Waals surface area contributed by atoms with Crippen LogP contribution in [0.15, 0.2) is 94.2 Å². The number of benzene rings is 6. The Labute approximate surface area is 461 Å². The van der Waals surface area contributed by atoms with Crippen molar-refractivity contribution in [1.29, 1.82) is 0 Å². The second kappa shape index (κ2) is 17.3. The zero-order valence-electron chi connectivity index (χ0n) is 47.8. The van der Waals surface area contributed by atoms with E-state index in [9.17, 15) is 0 Å². The van der Waals surface area contributed by atoms with Crippen LogP contribution >= 0.6 is 0 Å². The smallest absolute Gasteiger partial charge is 0.109 e. The number of rotatable bonds is 2. The monoisotopic (exact) mass is 1020 g/mol. The molecule has 8 aromatic rings. The molecule has 78 heavy (non-hydrogen) atoms. The van der Waals surface area contributed by atoms with Crippen molar-refractivity contribution in [3.63, 3.8) is 0 Å². The molecule has 0 atom stereocenters. The van der Waals surface area contributed by atoms with Gasteiger partial charge in [0.05, 0.1) is 11.4 Å². The lowest BCUT2D eigenvalue weighted by atomic mass is 9.77. The van der Waals surface area contributed by atoms with E-state index in [2.05, 4.69) is 152 Å². The summed E-state index contributed by atoms with van der Waals surface area (Å²) in [5, 5.41) is 5.77. The number of aromatic amines is 2. The maximum atomic E-state index is 5.10. The molecule has 8 aliphatic rings. The van der Waals surface area contributed by atoms with Crippen molar-refractivity contribution in [1.82, 2.24) is 19.9 Å². The fourth-order valence-corrected chi connectivity index (χ4v) is 14.8. The number of nitrogens with zero attached hydrogens (tertiary/aromatic N) is 4. The zero-order chi connectivity index (χ0) is 53.3. The van der Waals surface area contributed by atoms with Crippen molar-refractivity contribution in [2.75, 3.05) is 0 Å². The number of nitrogens with one attached hydrogen (secondary N) is 2. The molecule has 4 heterocycles. The van der Waals surface area contributed by atoms with E-state index in [0.29, 0.717) is 11.8 Å². The first kappa shape index (κ1) is 48.2. The van der Waals surface area contributed by atoms with Crippen molar-refractivity contribution in [2.45, 2.75) is 171 Å². The average molecular weight is 1020 g/mol. The van der Waals surface area contributed by atoms with Gasteiger partial charge >= 0.3 is 0 Å². The number of aromatic nitrogens is 4. The summed E-state index contributed by atoms with van der Waals surface area (Å²) in [4.78, 5) is 27.5. The van der Waals surface area contributed by atoms with E-state index in [1.165, 1.54) is 151 Å². The van der Waals surface area contributed by atoms with Crippen LogP contribution < -0.4 is 0 Å². The Morgan fingerprint density at radius 1 is 0.385 bits per heavy atom. The number of H-pyrrole nitrogens is 2. The normalized spacial score (nSPS) is 17.4. The molecule has 0 spiro atoms. The maximum Gasteiger partial charge on any atom is 0.109 e. The summed E-state index contributed by atoms with van der Waals surface area (Å²) in [5.41, 5.74) is 37.0. The van der Waals surface area contributed by atoms with Crippen LogP contribution in [0.2, 0.25) is 0 Å². The third kappa shape index (κ3) is 7.54. The van der Waals surface area contributed by atoms with E-state index >= 15 is 0 Å². The molecule has 16 rings (SSSR count). The molecule has 6 aliphatic carbocycles. The third-order valence-electron chi connectivity index (χ3n) is 19.3. The second-order valence-electron chi connectivity index (χ2n) is 27.0. The zero-order valence-corrected chi connectivity index (χ0v) is 47.8. The minimum atomic E-state index is 0.134. The summed E-state index contributed by atoms with van der Waals surface area (Å²) in [6, 6.07) is 29.4. The Morgan fingerprint density at radius 3 is 1.31 bits per heavy atom. The highest BCUT2D eigenvalue weighted by molar-refractivity contribution is 6.07. The van der Waals surface area contributed by atoms with Crippen LogP contribution in [0.5, 0.6) is 0 Å². The van der Waals surface area contributed by atoms with Crippen LogP contribution in [0.1, 0.15) is 185 Å². The van der Waals surface area contributed by atoms with Crippen LogP contribution in [0.3, 0.4) is 0 Å². The van der Waals surface area contributed by atoms with Gasteiger partial charge in [-0.1, -0.05) is 124 Å². The number of imidazole rings is 2. The lowest BCUT2D eigenvalue weighted by Crippen LogP contribution is -2.18. The summed E-state index contributed by atoms with van der Waals surface area (Å²) in [6.45, 7) is 22.6. The van der Waals surface area contributed by atoms with Crippen molar-refractivity contribution in [3.05, 3.63) is 163 Å². The third-order valence-corrected chi connectivity index (χ3v) is 19.3. The highest BCUT2D eigenvalue weighted by Gasteiger charge is 2.35.